The van der Waals surface area contributed by atoms with E-state index in [0.29, 0.717) is 0 Å². The molecule has 210 valence electrons. The van der Waals surface area contributed by atoms with Crippen molar-refractivity contribution in [3.05, 3.63) is 0 Å². The van der Waals surface area contributed by atoms with Gasteiger partial charge in [-0.25, -0.2) is 0 Å². The molecule has 0 aromatic carbocycles. The molecule has 3 rings (SSSR count). The number of carbonyl (C=O) groups excluding carboxylic acids is 1. The van der Waals surface area contributed by atoms with Gasteiger partial charge in [-0.15, -0.1) is 0 Å². The second kappa shape index (κ2) is 12.2. The molecule has 0 aliphatic carbocycles. The highest BCUT2D eigenvalue weighted by atomic mass is 16.8. The lowest BCUT2D eigenvalue weighted by Gasteiger charge is -2.48. The van der Waals surface area contributed by atoms with Gasteiger partial charge < -0.3 is 74.4 Å². The molecular formula is C20H34O16. The number of carbonyl (C=O) groups is 1. The van der Waals surface area contributed by atoms with Gasteiger partial charge >= 0.3 is 5.97 Å². The third kappa shape index (κ3) is 5.97. The molecule has 3 fully saturated rings. The summed E-state index contributed by atoms with van der Waals surface area (Å²) in [6, 6.07) is 0. The Hall–Kier alpha value is -1.09. The van der Waals surface area contributed by atoms with Gasteiger partial charge in [0, 0.05) is 6.92 Å². The molecule has 0 unspecified atom stereocenters. The maximum atomic E-state index is 11.8. The van der Waals surface area contributed by atoms with E-state index in [0.717, 1.165) is 6.92 Å². The van der Waals surface area contributed by atoms with Crippen LogP contribution in [-0.4, -0.2) is 157 Å². The van der Waals surface area contributed by atoms with Gasteiger partial charge in [0.1, 0.15) is 61.0 Å². The Kier molecular flexibility index (Phi) is 9.97. The SMILES string of the molecule is CC(=O)O[C@H]1[C@@H](O)[C@H](O[C@@H]2[C@@H](O)[C@H](O)O[C@H](C)[C@@H]2O)O[C@H](CO)[C@H]1O[C@@H]1O[C@H](CO)[C@@H](O)[C@@H](O)[C@H]1O. The summed E-state index contributed by atoms with van der Waals surface area (Å²) < 4.78 is 32.1. The Morgan fingerprint density at radius 3 is 1.81 bits per heavy atom. The Morgan fingerprint density at radius 1 is 0.667 bits per heavy atom. The maximum Gasteiger partial charge on any atom is 0.303 e. The Bertz CT molecular complexity index is 710. The van der Waals surface area contributed by atoms with Crippen LogP contribution in [-0.2, 0) is 33.2 Å². The van der Waals surface area contributed by atoms with Crippen molar-refractivity contribution in [2.45, 2.75) is 106 Å². The number of aliphatic hydroxyl groups is 9. The molecule has 3 aliphatic heterocycles. The molecule has 0 radical (unpaired) electrons. The largest absolute Gasteiger partial charge is 0.457 e. The average Bonchev–Trinajstić information content (AvgIpc) is 2.83. The number of esters is 1. The topological polar surface area (TPSA) is 255 Å². The minimum absolute atomic E-state index is 0.749. The Balaban J connectivity index is 1.83. The summed E-state index contributed by atoms with van der Waals surface area (Å²) >= 11 is 0. The first-order valence-electron chi connectivity index (χ1n) is 11.3. The van der Waals surface area contributed by atoms with Gasteiger partial charge in [-0.3, -0.25) is 4.79 Å². The first-order chi connectivity index (χ1) is 16.9. The third-order valence-electron chi connectivity index (χ3n) is 6.33. The Morgan fingerprint density at radius 2 is 1.22 bits per heavy atom. The lowest BCUT2D eigenvalue weighted by atomic mass is 9.96. The summed E-state index contributed by atoms with van der Waals surface area (Å²) in [4.78, 5) is 11.8. The molecule has 16 nitrogen and oxygen atoms in total. The summed E-state index contributed by atoms with van der Waals surface area (Å²) in [5.41, 5.74) is 0. The van der Waals surface area contributed by atoms with Crippen molar-refractivity contribution in [3.63, 3.8) is 0 Å². The summed E-state index contributed by atoms with van der Waals surface area (Å²) in [6.45, 7) is 0.851. The van der Waals surface area contributed by atoms with Gasteiger partial charge in [0.25, 0.3) is 0 Å². The molecule has 0 aromatic heterocycles. The van der Waals surface area contributed by atoms with Gasteiger partial charge in [0.05, 0.1) is 19.3 Å². The van der Waals surface area contributed by atoms with Gasteiger partial charge in [0.2, 0.25) is 0 Å². The molecule has 0 spiro atoms. The van der Waals surface area contributed by atoms with Crippen molar-refractivity contribution in [3.8, 4) is 0 Å². The predicted octanol–water partition coefficient (Wildman–Crippen LogP) is -5.97. The number of aliphatic hydroxyl groups excluding tert-OH is 9. The van der Waals surface area contributed by atoms with E-state index in [1.807, 2.05) is 0 Å². The van der Waals surface area contributed by atoms with E-state index in [9.17, 15) is 50.8 Å². The van der Waals surface area contributed by atoms with E-state index in [1.54, 1.807) is 0 Å². The molecule has 36 heavy (non-hydrogen) atoms. The highest BCUT2D eigenvalue weighted by Crippen LogP contribution is 2.33. The molecule has 0 amide bonds. The summed E-state index contributed by atoms with van der Waals surface area (Å²) in [5, 5.41) is 90.9. The van der Waals surface area contributed by atoms with Gasteiger partial charge in [-0.2, -0.15) is 0 Å². The van der Waals surface area contributed by atoms with Crippen LogP contribution in [0.5, 0.6) is 0 Å². The molecule has 3 heterocycles. The van der Waals surface area contributed by atoms with E-state index in [1.165, 1.54) is 6.92 Å². The lowest BCUT2D eigenvalue weighted by molar-refractivity contribution is -0.377. The van der Waals surface area contributed by atoms with Crippen LogP contribution in [0, 0.1) is 0 Å². The zero-order chi connectivity index (χ0) is 26.9. The third-order valence-corrected chi connectivity index (χ3v) is 6.33. The van der Waals surface area contributed by atoms with E-state index in [4.69, 9.17) is 28.4 Å². The molecule has 0 saturated carbocycles. The van der Waals surface area contributed by atoms with Crippen LogP contribution in [0.25, 0.3) is 0 Å². The number of ether oxygens (including phenoxy) is 6. The van der Waals surface area contributed by atoms with Crippen LogP contribution >= 0.6 is 0 Å². The minimum Gasteiger partial charge on any atom is -0.457 e. The average molecular weight is 530 g/mol. The van der Waals surface area contributed by atoms with Gasteiger partial charge in [0.15, 0.2) is 25.0 Å². The van der Waals surface area contributed by atoms with Crippen molar-refractivity contribution in [1.82, 2.24) is 0 Å². The molecular weight excluding hydrogens is 496 g/mol. The maximum absolute atomic E-state index is 11.8. The molecule has 16 heteroatoms. The first-order valence-corrected chi connectivity index (χ1v) is 11.3. The standard InChI is InChI=1S/C20H34O16/c1-5-9(24)16(13(28)18(30)31-5)36-20-14(29)17(32-6(2)23)15(8(4-22)34-20)35-19-12(27)11(26)10(25)7(3-21)33-19/h5,7-22,24-30H,3-4H2,1-2H3/t5-,7-,8-,9+,10-,11-,12-,13-,14-,15-,16+,17+,18-,19+,20+/m1/s1. The summed E-state index contributed by atoms with van der Waals surface area (Å²) in [5.74, 6) is -0.894. The second-order valence-corrected chi connectivity index (χ2v) is 8.90. The van der Waals surface area contributed by atoms with Crippen LogP contribution in [0.1, 0.15) is 13.8 Å². The summed E-state index contributed by atoms with van der Waals surface area (Å²) in [6.07, 6.45) is -24.0. The van der Waals surface area contributed by atoms with Crippen molar-refractivity contribution >= 4 is 5.97 Å². The lowest BCUT2D eigenvalue weighted by Crippen LogP contribution is -2.67. The smallest absolute Gasteiger partial charge is 0.303 e. The van der Waals surface area contributed by atoms with E-state index in [2.05, 4.69) is 0 Å². The predicted molar refractivity (Wildman–Crippen MR) is 109 cm³/mol. The first kappa shape index (κ1) is 29.5. The second-order valence-electron chi connectivity index (χ2n) is 8.90. The van der Waals surface area contributed by atoms with Crippen molar-refractivity contribution in [1.29, 1.82) is 0 Å². The monoisotopic (exact) mass is 530 g/mol. The quantitative estimate of drug-likeness (QED) is 0.139. The van der Waals surface area contributed by atoms with E-state index < -0.39 is 111 Å². The molecule has 15 atom stereocenters. The number of rotatable bonds is 7. The number of hydrogen-bond acceptors (Lipinski definition) is 16. The van der Waals surface area contributed by atoms with Crippen molar-refractivity contribution < 1.29 is 79.2 Å². The summed E-state index contributed by atoms with van der Waals surface area (Å²) in [7, 11) is 0. The molecule has 3 saturated heterocycles. The van der Waals surface area contributed by atoms with Crippen molar-refractivity contribution in [2.75, 3.05) is 13.2 Å². The zero-order valence-corrected chi connectivity index (χ0v) is 19.5. The van der Waals surface area contributed by atoms with Crippen LogP contribution in [0.15, 0.2) is 0 Å². The molecule has 9 N–H and O–H groups in total. The van der Waals surface area contributed by atoms with Crippen molar-refractivity contribution in [2.24, 2.45) is 0 Å². The molecule has 3 aliphatic rings. The minimum atomic E-state index is -1.86. The van der Waals surface area contributed by atoms with Gasteiger partial charge in [-0.1, -0.05) is 0 Å². The highest BCUT2D eigenvalue weighted by molar-refractivity contribution is 5.66. The fraction of sp³-hybridized carbons (Fsp3) is 0.950. The fourth-order valence-electron chi connectivity index (χ4n) is 4.31. The van der Waals surface area contributed by atoms with Crippen LogP contribution < -0.4 is 0 Å². The van der Waals surface area contributed by atoms with Crippen LogP contribution in [0.3, 0.4) is 0 Å². The Labute approximate surface area is 205 Å². The fourth-order valence-corrected chi connectivity index (χ4v) is 4.31. The molecule has 0 bridgehead atoms. The van der Waals surface area contributed by atoms with E-state index in [-0.39, 0.29) is 0 Å². The highest BCUT2D eigenvalue weighted by Gasteiger charge is 2.54. The van der Waals surface area contributed by atoms with E-state index >= 15 is 0 Å². The molecule has 0 aromatic rings. The van der Waals surface area contributed by atoms with Gasteiger partial charge in [-0.05, 0) is 6.92 Å². The zero-order valence-electron chi connectivity index (χ0n) is 19.5. The normalized spacial score (nSPS) is 50.0. The number of hydrogen-bond donors (Lipinski definition) is 9. The van der Waals surface area contributed by atoms with Crippen LogP contribution in [0.2, 0.25) is 0 Å². The van der Waals surface area contributed by atoms with Crippen LogP contribution in [0.4, 0.5) is 0 Å².